The normalized spacial score (nSPS) is 16.1. The van der Waals surface area contributed by atoms with E-state index in [-0.39, 0.29) is 0 Å². The van der Waals surface area contributed by atoms with E-state index in [0.717, 1.165) is 25.9 Å². The Morgan fingerprint density at radius 3 is 2.33 bits per heavy atom. The lowest BCUT2D eigenvalue weighted by atomic mass is 9.70. The number of hydrogen-bond acceptors (Lipinski definition) is 6. The van der Waals surface area contributed by atoms with Crippen molar-refractivity contribution in [3.8, 4) is 6.01 Å². The fraction of sp³-hybridized carbons (Fsp3) is 0.800. The minimum Gasteiger partial charge on any atom is -0.463 e. The quantitative estimate of drug-likeness (QED) is 0.729. The van der Waals surface area contributed by atoms with E-state index in [1.54, 1.807) is 0 Å². The van der Waals surface area contributed by atoms with Gasteiger partial charge in [-0.15, -0.1) is 0 Å². The summed E-state index contributed by atoms with van der Waals surface area (Å²) in [6.07, 6.45) is 5.82. The molecule has 1 saturated carbocycles. The third-order valence-electron chi connectivity index (χ3n) is 3.82. The Hall–Kier alpha value is -1.59. The van der Waals surface area contributed by atoms with Gasteiger partial charge < -0.3 is 15.4 Å². The van der Waals surface area contributed by atoms with Crippen molar-refractivity contribution in [3.05, 3.63) is 0 Å². The molecule has 21 heavy (non-hydrogen) atoms. The highest BCUT2D eigenvalue weighted by Gasteiger charge is 2.31. The second kappa shape index (κ2) is 7.43. The third kappa shape index (κ3) is 4.72. The summed E-state index contributed by atoms with van der Waals surface area (Å²) in [6, 6.07) is 0.395. The zero-order valence-corrected chi connectivity index (χ0v) is 13.4. The first-order valence-corrected chi connectivity index (χ1v) is 8.02. The van der Waals surface area contributed by atoms with Gasteiger partial charge in [0, 0.05) is 13.1 Å². The van der Waals surface area contributed by atoms with Crippen molar-refractivity contribution < 1.29 is 4.74 Å². The highest BCUT2D eigenvalue weighted by molar-refractivity contribution is 5.36. The second-order valence-corrected chi connectivity index (χ2v) is 6.06. The number of rotatable bonds is 9. The zero-order chi connectivity index (χ0) is 15.1. The van der Waals surface area contributed by atoms with E-state index in [2.05, 4.69) is 46.4 Å². The molecular weight excluding hydrogens is 266 g/mol. The monoisotopic (exact) mass is 293 g/mol. The molecule has 0 aromatic carbocycles. The van der Waals surface area contributed by atoms with Crippen LogP contribution in [-0.2, 0) is 0 Å². The molecule has 1 aliphatic carbocycles. The van der Waals surface area contributed by atoms with Gasteiger partial charge in [-0.3, -0.25) is 0 Å². The lowest BCUT2D eigenvalue weighted by Gasteiger charge is -2.38. The molecule has 0 amide bonds. The minimum atomic E-state index is 0.383. The highest BCUT2D eigenvalue weighted by atomic mass is 16.5. The van der Waals surface area contributed by atoms with Crippen molar-refractivity contribution in [1.29, 1.82) is 0 Å². The minimum absolute atomic E-state index is 0.383. The van der Waals surface area contributed by atoms with E-state index in [1.165, 1.54) is 19.3 Å². The maximum atomic E-state index is 5.55. The van der Waals surface area contributed by atoms with Gasteiger partial charge in [-0.05, 0) is 31.1 Å². The zero-order valence-electron chi connectivity index (χ0n) is 13.4. The van der Waals surface area contributed by atoms with E-state index in [4.69, 9.17) is 4.74 Å². The molecule has 6 nitrogen and oxygen atoms in total. The number of hydrogen-bond donors (Lipinski definition) is 2. The Morgan fingerprint density at radius 1 is 1.05 bits per heavy atom. The van der Waals surface area contributed by atoms with Gasteiger partial charge in [-0.25, -0.2) is 0 Å². The Balaban J connectivity index is 2.02. The van der Waals surface area contributed by atoms with Gasteiger partial charge >= 0.3 is 6.01 Å². The van der Waals surface area contributed by atoms with Gasteiger partial charge in [0.05, 0.1) is 6.61 Å². The van der Waals surface area contributed by atoms with Crippen molar-refractivity contribution in [2.75, 3.05) is 30.3 Å². The molecule has 1 aromatic heterocycles. The summed E-state index contributed by atoms with van der Waals surface area (Å²) in [4.78, 5) is 13.1. The summed E-state index contributed by atoms with van der Waals surface area (Å²) in [5, 5.41) is 6.53. The van der Waals surface area contributed by atoms with E-state index in [1.807, 2.05) is 0 Å². The number of nitrogens with one attached hydrogen (secondary N) is 2. The molecule has 1 aromatic rings. The molecule has 0 spiro atoms. The number of nitrogens with zero attached hydrogens (tertiary/aromatic N) is 3. The molecule has 0 bridgehead atoms. The summed E-state index contributed by atoms with van der Waals surface area (Å²) < 4.78 is 5.55. The third-order valence-corrected chi connectivity index (χ3v) is 3.82. The van der Waals surface area contributed by atoms with Crippen LogP contribution in [0.5, 0.6) is 6.01 Å². The van der Waals surface area contributed by atoms with Gasteiger partial charge in [-0.1, -0.05) is 27.2 Å². The van der Waals surface area contributed by atoms with Crippen LogP contribution in [-0.4, -0.2) is 34.6 Å². The van der Waals surface area contributed by atoms with Crippen LogP contribution in [0.15, 0.2) is 0 Å². The Labute approximate surface area is 127 Å². The summed E-state index contributed by atoms with van der Waals surface area (Å²) in [5.41, 5.74) is 0.383. The average Bonchev–Trinajstić information content (AvgIpc) is 2.47. The maximum Gasteiger partial charge on any atom is 0.323 e. The van der Waals surface area contributed by atoms with Gasteiger partial charge in [-0.2, -0.15) is 15.0 Å². The SMILES string of the molecule is CCCNc1nc(NCC2(C)CCC2)nc(OCCC)n1. The smallest absolute Gasteiger partial charge is 0.323 e. The number of anilines is 2. The van der Waals surface area contributed by atoms with Gasteiger partial charge in [0.1, 0.15) is 0 Å². The Kier molecular flexibility index (Phi) is 5.59. The number of aromatic nitrogens is 3. The highest BCUT2D eigenvalue weighted by Crippen LogP contribution is 2.40. The molecule has 0 aliphatic heterocycles. The maximum absolute atomic E-state index is 5.55. The first kappa shape index (κ1) is 15.8. The molecule has 0 unspecified atom stereocenters. The van der Waals surface area contributed by atoms with Crippen LogP contribution in [0, 0.1) is 5.41 Å². The predicted octanol–water partition coefficient (Wildman–Crippen LogP) is 3.08. The van der Waals surface area contributed by atoms with Crippen LogP contribution in [0.4, 0.5) is 11.9 Å². The lowest BCUT2D eigenvalue weighted by Crippen LogP contribution is -2.33. The average molecular weight is 293 g/mol. The van der Waals surface area contributed by atoms with E-state index >= 15 is 0 Å². The summed E-state index contributed by atoms with van der Waals surface area (Å²) >= 11 is 0. The van der Waals surface area contributed by atoms with Crippen LogP contribution < -0.4 is 15.4 Å². The van der Waals surface area contributed by atoms with Crippen molar-refractivity contribution >= 4 is 11.9 Å². The Bertz CT molecular complexity index is 421. The summed E-state index contributed by atoms with van der Waals surface area (Å²) in [7, 11) is 0. The molecule has 1 aliphatic rings. The Morgan fingerprint density at radius 2 is 1.76 bits per heavy atom. The van der Waals surface area contributed by atoms with Crippen molar-refractivity contribution in [3.63, 3.8) is 0 Å². The second-order valence-electron chi connectivity index (χ2n) is 6.06. The molecule has 0 radical (unpaired) electrons. The van der Waals surface area contributed by atoms with Crippen LogP contribution in [0.1, 0.15) is 52.9 Å². The van der Waals surface area contributed by atoms with Crippen molar-refractivity contribution in [2.45, 2.75) is 52.9 Å². The fourth-order valence-electron chi connectivity index (χ4n) is 2.26. The van der Waals surface area contributed by atoms with Crippen molar-refractivity contribution in [1.82, 2.24) is 15.0 Å². The van der Waals surface area contributed by atoms with Crippen LogP contribution in [0.3, 0.4) is 0 Å². The van der Waals surface area contributed by atoms with E-state index < -0.39 is 0 Å². The molecule has 2 N–H and O–H groups in total. The largest absolute Gasteiger partial charge is 0.463 e. The number of ether oxygens (including phenoxy) is 1. The van der Waals surface area contributed by atoms with E-state index in [9.17, 15) is 0 Å². The van der Waals surface area contributed by atoms with Gasteiger partial charge in [0.15, 0.2) is 0 Å². The van der Waals surface area contributed by atoms with Crippen molar-refractivity contribution in [2.24, 2.45) is 5.41 Å². The van der Waals surface area contributed by atoms with Gasteiger partial charge in [0.25, 0.3) is 0 Å². The molecule has 6 heteroatoms. The summed E-state index contributed by atoms with van der Waals surface area (Å²) in [6.45, 7) is 8.84. The molecule has 1 fully saturated rings. The first-order valence-electron chi connectivity index (χ1n) is 8.02. The molecule has 0 atom stereocenters. The van der Waals surface area contributed by atoms with Crippen LogP contribution in [0.25, 0.3) is 0 Å². The predicted molar refractivity (Wildman–Crippen MR) is 84.8 cm³/mol. The fourth-order valence-corrected chi connectivity index (χ4v) is 2.26. The van der Waals surface area contributed by atoms with Crippen LogP contribution in [0.2, 0.25) is 0 Å². The topological polar surface area (TPSA) is 72.0 Å². The molecule has 0 saturated heterocycles. The molecular formula is C15H27N5O. The first-order chi connectivity index (χ1) is 10.1. The van der Waals surface area contributed by atoms with E-state index in [0.29, 0.717) is 29.9 Å². The van der Waals surface area contributed by atoms with Crippen LogP contribution >= 0.6 is 0 Å². The lowest BCUT2D eigenvalue weighted by molar-refractivity contribution is 0.179. The molecule has 2 rings (SSSR count). The molecule has 118 valence electrons. The van der Waals surface area contributed by atoms with Gasteiger partial charge in [0.2, 0.25) is 11.9 Å². The summed E-state index contributed by atoms with van der Waals surface area (Å²) in [5.74, 6) is 1.18. The standard InChI is InChI=1S/C15H27N5O/c1-4-9-16-12-18-13(17-11-15(3)7-6-8-15)20-14(19-12)21-10-5-2/h4-11H2,1-3H3,(H2,16,17,18,19,20). The molecule has 1 heterocycles.